The number of aliphatic hydroxyl groups is 1. The highest BCUT2D eigenvalue weighted by Crippen LogP contribution is 2.38. The Balaban J connectivity index is 2.57. The van der Waals surface area contributed by atoms with E-state index in [9.17, 15) is 18.3 Å². The third kappa shape index (κ3) is 3.08. The van der Waals surface area contributed by atoms with Crippen LogP contribution in [-0.2, 0) is 0 Å². The van der Waals surface area contributed by atoms with Crippen LogP contribution >= 0.6 is 11.6 Å². The van der Waals surface area contributed by atoms with Crippen LogP contribution < -0.4 is 0 Å². The summed E-state index contributed by atoms with van der Waals surface area (Å²) in [7, 11) is 0. The predicted molar refractivity (Wildman–Crippen MR) is 67.9 cm³/mol. The van der Waals surface area contributed by atoms with E-state index in [0.29, 0.717) is 10.6 Å². The predicted octanol–water partition coefficient (Wildman–Crippen LogP) is 4.60. The zero-order valence-electron chi connectivity index (χ0n) is 9.66. The summed E-state index contributed by atoms with van der Waals surface area (Å²) in [5, 5.41) is 9.74. The lowest BCUT2D eigenvalue weighted by Gasteiger charge is -2.18. The quantitative estimate of drug-likeness (QED) is 0.855. The Morgan fingerprint density at radius 2 is 1.63 bits per heavy atom. The van der Waals surface area contributed by atoms with Crippen LogP contribution in [0.2, 0.25) is 5.02 Å². The van der Waals surface area contributed by atoms with E-state index in [-0.39, 0.29) is 11.1 Å². The zero-order chi connectivity index (χ0) is 14.0. The minimum absolute atomic E-state index is 0.205. The number of halogens is 4. The molecule has 19 heavy (non-hydrogen) atoms. The molecule has 1 unspecified atom stereocenters. The van der Waals surface area contributed by atoms with E-state index in [1.807, 2.05) is 0 Å². The van der Waals surface area contributed by atoms with Gasteiger partial charge < -0.3 is 5.11 Å². The van der Waals surface area contributed by atoms with Gasteiger partial charge in [0.25, 0.3) is 0 Å². The van der Waals surface area contributed by atoms with E-state index in [0.717, 1.165) is 0 Å². The fraction of sp³-hybridized carbons (Fsp3) is 0.143. The van der Waals surface area contributed by atoms with Gasteiger partial charge in [0, 0.05) is 5.02 Å². The van der Waals surface area contributed by atoms with E-state index in [2.05, 4.69) is 0 Å². The smallest absolute Gasteiger partial charge is 0.379 e. The molecule has 0 spiro atoms. The van der Waals surface area contributed by atoms with Crippen LogP contribution in [0.5, 0.6) is 0 Å². The number of alkyl halides is 3. The molecule has 2 rings (SSSR count). The lowest BCUT2D eigenvalue weighted by molar-refractivity contribution is -0.206. The van der Waals surface area contributed by atoms with E-state index in [1.54, 1.807) is 30.3 Å². The fourth-order valence-corrected chi connectivity index (χ4v) is 1.98. The highest BCUT2D eigenvalue weighted by atomic mass is 35.5. The first-order valence-electron chi connectivity index (χ1n) is 5.49. The van der Waals surface area contributed by atoms with Crippen molar-refractivity contribution in [2.45, 2.75) is 12.3 Å². The molecule has 0 aliphatic rings. The minimum atomic E-state index is -4.71. The van der Waals surface area contributed by atoms with Crippen LogP contribution in [0.25, 0.3) is 11.1 Å². The van der Waals surface area contributed by atoms with Gasteiger partial charge in [0.15, 0.2) is 6.10 Å². The molecule has 0 amide bonds. The van der Waals surface area contributed by atoms with Gasteiger partial charge in [0.1, 0.15) is 0 Å². The third-order valence-corrected chi connectivity index (χ3v) is 2.94. The highest BCUT2D eigenvalue weighted by Gasteiger charge is 2.40. The van der Waals surface area contributed by atoms with Crippen molar-refractivity contribution >= 4 is 11.6 Å². The summed E-state index contributed by atoms with van der Waals surface area (Å²) < 4.78 is 37.9. The average molecular weight is 287 g/mol. The van der Waals surface area contributed by atoms with Gasteiger partial charge in [-0.15, -0.1) is 0 Å². The Morgan fingerprint density at radius 1 is 1.00 bits per heavy atom. The van der Waals surface area contributed by atoms with Gasteiger partial charge in [-0.2, -0.15) is 13.2 Å². The highest BCUT2D eigenvalue weighted by molar-refractivity contribution is 6.30. The molecule has 1 nitrogen and oxygen atoms in total. The molecule has 0 saturated carbocycles. The minimum Gasteiger partial charge on any atom is -0.379 e. The molecule has 0 aliphatic carbocycles. The molecule has 0 aliphatic heterocycles. The molecular formula is C14H10ClF3O. The van der Waals surface area contributed by atoms with Crippen LogP contribution in [0.1, 0.15) is 11.7 Å². The summed E-state index contributed by atoms with van der Waals surface area (Å²) >= 11 is 5.82. The Morgan fingerprint density at radius 3 is 2.21 bits per heavy atom. The van der Waals surface area contributed by atoms with Crippen LogP contribution in [0.3, 0.4) is 0 Å². The Bertz CT molecular complexity index is 567. The van der Waals surface area contributed by atoms with Crippen molar-refractivity contribution in [1.82, 2.24) is 0 Å². The molecule has 0 aromatic heterocycles. The Kier molecular flexibility index (Phi) is 3.83. The number of rotatable bonds is 2. The third-order valence-electron chi connectivity index (χ3n) is 2.70. The maximum atomic E-state index is 12.6. The standard InChI is InChI=1S/C14H10ClF3O/c15-10-6-7-11(13(19)14(16,17)18)12(8-10)9-4-2-1-3-5-9/h1-8,13,19H. The Labute approximate surface area is 113 Å². The van der Waals surface area contributed by atoms with Crippen molar-refractivity contribution in [2.24, 2.45) is 0 Å². The maximum Gasteiger partial charge on any atom is 0.418 e. The summed E-state index contributed by atoms with van der Waals surface area (Å²) in [6, 6.07) is 12.5. The van der Waals surface area contributed by atoms with Crippen molar-refractivity contribution < 1.29 is 18.3 Å². The molecule has 0 heterocycles. The van der Waals surface area contributed by atoms with Crippen LogP contribution in [0.15, 0.2) is 48.5 Å². The van der Waals surface area contributed by atoms with Crippen LogP contribution in [0.4, 0.5) is 13.2 Å². The molecule has 1 N–H and O–H groups in total. The second kappa shape index (κ2) is 5.23. The first kappa shape index (κ1) is 13.9. The molecule has 0 bridgehead atoms. The van der Waals surface area contributed by atoms with E-state index >= 15 is 0 Å². The van der Waals surface area contributed by atoms with E-state index in [4.69, 9.17) is 11.6 Å². The van der Waals surface area contributed by atoms with Gasteiger partial charge in [-0.1, -0.05) is 48.0 Å². The molecule has 0 fully saturated rings. The monoisotopic (exact) mass is 286 g/mol. The molecule has 0 saturated heterocycles. The topological polar surface area (TPSA) is 20.2 Å². The molecular weight excluding hydrogens is 277 g/mol. The van der Waals surface area contributed by atoms with E-state index in [1.165, 1.54) is 18.2 Å². The van der Waals surface area contributed by atoms with Crippen molar-refractivity contribution in [3.05, 3.63) is 59.1 Å². The Hall–Kier alpha value is -1.52. The van der Waals surface area contributed by atoms with Gasteiger partial charge in [0.2, 0.25) is 0 Å². The second-order valence-electron chi connectivity index (χ2n) is 4.04. The van der Waals surface area contributed by atoms with Crippen molar-refractivity contribution in [1.29, 1.82) is 0 Å². The van der Waals surface area contributed by atoms with Crippen molar-refractivity contribution in [2.75, 3.05) is 0 Å². The van der Waals surface area contributed by atoms with Gasteiger partial charge in [-0.05, 0) is 28.8 Å². The normalized spacial score (nSPS) is 13.3. The van der Waals surface area contributed by atoms with Gasteiger partial charge >= 0.3 is 6.18 Å². The van der Waals surface area contributed by atoms with Crippen molar-refractivity contribution in [3.63, 3.8) is 0 Å². The molecule has 1 atom stereocenters. The molecule has 2 aromatic rings. The molecule has 100 valence electrons. The van der Waals surface area contributed by atoms with Gasteiger partial charge in [-0.25, -0.2) is 0 Å². The summed E-state index contributed by atoms with van der Waals surface area (Å²) in [4.78, 5) is 0. The van der Waals surface area contributed by atoms with Gasteiger partial charge in [-0.3, -0.25) is 0 Å². The average Bonchev–Trinajstić information content (AvgIpc) is 2.38. The lowest BCUT2D eigenvalue weighted by atomic mass is 9.96. The zero-order valence-corrected chi connectivity index (χ0v) is 10.4. The SMILES string of the molecule is OC(c1ccc(Cl)cc1-c1ccccc1)C(F)(F)F. The molecule has 0 radical (unpaired) electrons. The van der Waals surface area contributed by atoms with Crippen LogP contribution in [0, 0.1) is 0 Å². The molecule has 2 aromatic carbocycles. The number of hydrogen-bond donors (Lipinski definition) is 1. The molecule has 5 heteroatoms. The van der Waals surface area contributed by atoms with E-state index < -0.39 is 12.3 Å². The second-order valence-corrected chi connectivity index (χ2v) is 4.48. The summed E-state index contributed by atoms with van der Waals surface area (Å²) in [6.07, 6.45) is -7.24. The maximum absolute atomic E-state index is 12.6. The number of hydrogen-bond acceptors (Lipinski definition) is 1. The van der Waals surface area contributed by atoms with Crippen LogP contribution in [-0.4, -0.2) is 11.3 Å². The largest absolute Gasteiger partial charge is 0.418 e. The first-order valence-corrected chi connectivity index (χ1v) is 5.87. The van der Waals surface area contributed by atoms with Gasteiger partial charge in [0.05, 0.1) is 0 Å². The lowest BCUT2D eigenvalue weighted by Crippen LogP contribution is -2.20. The fourth-order valence-electron chi connectivity index (χ4n) is 1.81. The van der Waals surface area contributed by atoms with Crippen molar-refractivity contribution in [3.8, 4) is 11.1 Å². The number of aliphatic hydroxyl groups excluding tert-OH is 1. The first-order chi connectivity index (χ1) is 8.89. The summed E-state index contributed by atoms with van der Waals surface area (Å²) in [6.45, 7) is 0. The summed E-state index contributed by atoms with van der Waals surface area (Å²) in [5.74, 6) is 0. The number of benzene rings is 2. The summed E-state index contributed by atoms with van der Waals surface area (Å²) in [5.41, 5.74) is 0.643.